The predicted octanol–water partition coefficient (Wildman–Crippen LogP) is 2.88. The van der Waals surface area contributed by atoms with Gasteiger partial charge in [0.2, 0.25) is 0 Å². The van der Waals surface area contributed by atoms with Crippen LogP contribution in [0.3, 0.4) is 0 Å². The summed E-state index contributed by atoms with van der Waals surface area (Å²) in [6.07, 6.45) is 2.66. The zero-order valence-corrected chi connectivity index (χ0v) is 14.2. The molecule has 1 aliphatic rings. The fourth-order valence-electron chi connectivity index (χ4n) is 2.77. The Labute approximate surface area is 138 Å². The van der Waals surface area contributed by atoms with E-state index in [4.69, 9.17) is 0 Å². The minimum Gasteiger partial charge on any atom is -0.336 e. The molecule has 1 N–H and O–H groups in total. The third-order valence-electron chi connectivity index (χ3n) is 4.52. The van der Waals surface area contributed by atoms with Crippen LogP contribution in [-0.2, 0) is 6.42 Å². The first-order valence-electron chi connectivity index (χ1n) is 8.61. The van der Waals surface area contributed by atoms with Gasteiger partial charge in [-0.2, -0.15) is 0 Å². The van der Waals surface area contributed by atoms with Crippen molar-refractivity contribution >= 4 is 6.03 Å². The van der Waals surface area contributed by atoms with Crippen molar-refractivity contribution in [2.75, 3.05) is 32.7 Å². The molecule has 0 aromatic heterocycles. The molecular formula is C18H28FN3O. The van der Waals surface area contributed by atoms with Crippen LogP contribution in [0.2, 0.25) is 0 Å². The fraction of sp³-hybridized carbons (Fsp3) is 0.611. The Balaban J connectivity index is 1.67. The molecule has 128 valence electrons. The van der Waals surface area contributed by atoms with E-state index >= 15 is 0 Å². The maximum Gasteiger partial charge on any atom is 0.317 e. The van der Waals surface area contributed by atoms with E-state index in [-0.39, 0.29) is 17.9 Å². The van der Waals surface area contributed by atoms with Gasteiger partial charge in [0, 0.05) is 32.2 Å². The molecule has 1 aromatic rings. The highest BCUT2D eigenvalue weighted by Gasteiger charge is 2.21. The average molecular weight is 321 g/mol. The second kappa shape index (κ2) is 8.87. The zero-order chi connectivity index (χ0) is 16.7. The number of carbonyl (C=O) groups is 1. The molecule has 5 heteroatoms. The lowest BCUT2D eigenvalue weighted by Gasteiger charge is -2.35. The quantitative estimate of drug-likeness (QED) is 0.874. The topological polar surface area (TPSA) is 35.6 Å². The SMILES string of the molecule is CCC(C)NC(=O)N1CCN(CCCc2ccccc2F)CC1. The Morgan fingerprint density at radius 1 is 1.26 bits per heavy atom. The molecule has 1 aromatic carbocycles. The van der Waals surface area contributed by atoms with E-state index in [0.717, 1.165) is 57.5 Å². The summed E-state index contributed by atoms with van der Waals surface area (Å²) in [5, 5.41) is 3.01. The van der Waals surface area contributed by atoms with Crippen LogP contribution in [0.5, 0.6) is 0 Å². The molecule has 23 heavy (non-hydrogen) atoms. The lowest BCUT2D eigenvalue weighted by molar-refractivity contribution is 0.136. The number of aryl methyl sites for hydroxylation is 1. The van der Waals surface area contributed by atoms with Gasteiger partial charge < -0.3 is 10.2 Å². The minimum atomic E-state index is -0.112. The average Bonchev–Trinajstić information content (AvgIpc) is 2.57. The van der Waals surface area contributed by atoms with Crippen molar-refractivity contribution in [1.29, 1.82) is 0 Å². The number of urea groups is 1. The van der Waals surface area contributed by atoms with Crippen LogP contribution in [0.1, 0.15) is 32.3 Å². The number of benzene rings is 1. The first-order chi connectivity index (χ1) is 11.1. The standard InChI is InChI=1S/C18H28FN3O/c1-3-15(2)20-18(23)22-13-11-21(12-14-22)10-6-8-16-7-4-5-9-17(16)19/h4-5,7,9,15H,3,6,8,10-14H2,1-2H3,(H,20,23). The van der Waals surface area contributed by atoms with Gasteiger partial charge >= 0.3 is 6.03 Å². The van der Waals surface area contributed by atoms with E-state index in [1.807, 2.05) is 24.0 Å². The van der Waals surface area contributed by atoms with Crippen molar-refractivity contribution in [3.63, 3.8) is 0 Å². The highest BCUT2D eigenvalue weighted by atomic mass is 19.1. The maximum absolute atomic E-state index is 13.6. The molecule has 0 radical (unpaired) electrons. The van der Waals surface area contributed by atoms with Gasteiger partial charge in [-0.15, -0.1) is 0 Å². The lowest BCUT2D eigenvalue weighted by Crippen LogP contribution is -2.53. The normalized spacial score (nSPS) is 17.1. The van der Waals surface area contributed by atoms with E-state index in [2.05, 4.69) is 17.1 Å². The Morgan fingerprint density at radius 3 is 2.61 bits per heavy atom. The summed E-state index contributed by atoms with van der Waals surface area (Å²) in [4.78, 5) is 16.3. The van der Waals surface area contributed by atoms with Crippen molar-refractivity contribution in [2.45, 2.75) is 39.2 Å². The third kappa shape index (κ3) is 5.50. The summed E-state index contributed by atoms with van der Waals surface area (Å²) in [5.74, 6) is -0.112. The monoisotopic (exact) mass is 321 g/mol. The number of halogens is 1. The Kier molecular flexibility index (Phi) is 6.84. The number of carbonyl (C=O) groups excluding carboxylic acids is 1. The van der Waals surface area contributed by atoms with Crippen molar-refractivity contribution < 1.29 is 9.18 Å². The summed E-state index contributed by atoms with van der Waals surface area (Å²) in [5.41, 5.74) is 0.791. The second-order valence-electron chi connectivity index (χ2n) is 6.28. The summed E-state index contributed by atoms with van der Waals surface area (Å²) in [6.45, 7) is 8.37. The molecule has 2 rings (SSSR count). The van der Waals surface area contributed by atoms with Gasteiger partial charge in [-0.3, -0.25) is 4.90 Å². The molecule has 1 atom stereocenters. The van der Waals surface area contributed by atoms with Gasteiger partial charge in [0.1, 0.15) is 5.82 Å². The van der Waals surface area contributed by atoms with Crippen molar-refractivity contribution in [3.05, 3.63) is 35.6 Å². The van der Waals surface area contributed by atoms with Gasteiger partial charge in [-0.05, 0) is 44.4 Å². The summed E-state index contributed by atoms with van der Waals surface area (Å²) in [6, 6.07) is 7.25. The molecule has 0 spiro atoms. The van der Waals surface area contributed by atoms with Crippen LogP contribution < -0.4 is 5.32 Å². The number of amides is 2. The number of rotatable bonds is 6. The number of piperazine rings is 1. The summed E-state index contributed by atoms with van der Waals surface area (Å²) in [7, 11) is 0. The Bertz CT molecular complexity index is 501. The van der Waals surface area contributed by atoms with Crippen LogP contribution in [0.4, 0.5) is 9.18 Å². The van der Waals surface area contributed by atoms with Crippen LogP contribution in [0.15, 0.2) is 24.3 Å². The smallest absolute Gasteiger partial charge is 0.317 e. The third-order valence-corrected chi connectivity index (χ3v) is 4.52. The highest BCUT2D eigenvalue weighted by molar-refractivity contribution is 5.74. The van der Waals surface area contributed by atoms with E-state index in [0.29, 0.717) is 0 Å². The van der Waals surface area contributed by atoms with Crippen molar-refractivity contribution in [1.82, 2.24) is 15.1 Å². The second-order valence-corrected chi connectivity index (χ2v) is 6.28. The first-order valence-corrected chi connectivity index (χ1v) is 8.61. The predicted molar refractivity (Wildman–Crippen MR) is 91.0 cm³/mol. The molecule has 1 heterocycles. The molecular weight excluding hydrogens is 293 g/mol. The largest absolute Gasteiger partial charge is 0.336 e. The van der Waals surface area contributed by atoms with Crippen LogP contribution in [-0.4, -0.2) is 54.6 Å². The first kappa shape index (κ1) is 17.7. The van der Waals surface area contributed by atoms with Gasteiger partial charge in [0.15, 0.2) is 0 Å². The molecule has 4 nitrogen and oxygen atoms in total. The molecule has 1 unspecified atom stereocenters. The number of hydrogen-bond donors (Lipinski definition) is 1. The summed E-state index contributed by atoms with van der Waals surface area (Å²) >= 11 is 0. The van der Waals surface area contributed by atoms with Gasteiger partial charge in [-0.1, -0.05) is 25.1 Å². The highest BCUT2D eigenvalue weighted by Crippen LogP contribution is 2.10. The maximum atomic E-state index is 13.6. The van der Waals surface area contributed by atoms with Crippen LogP contribution in [0.25, 0.3) is 0 Å². The number of nitrogens with one attached hydrogen (secondary N) is 1. The molecule has 1 fully saturated rings. The molecule has 1 aliphatic heterocycles. The molecule has 0 saturated carbocycles. The molecule has 1 saturated heterocycles. The minimum absolute atomic E-state index is 0.0466. The molecule has 2 amide bonds. The van der Waals surface area contributed by atoms with E-state index in [1.165, 1.54) is 6.07 Å². The van der Waals surface area contributed by atoms with E-state index in [1.54, 1.807) is 6.07 Å². The lowest BCUT2D eigenvalue weighted by atomic mass is 10.1. The number of hydrogen-bond acceptors (Lipinski definition) is 2. The van der Waals surface area contributed by atoms with Crippen LogP contribution >= 0.6 is 0 Å². The van der Waals surface area contributed by atoms with Gasteiger partial charge in [0.25, 0.3) is 0 Å². The molecule has 0 aliphatic carbocycles. The zero-order valence-electron chi connectivity index (χ0n) is 14.2. The van der Waals surface area contributed by atoms with Crippen molar-refractivity contribution in [2.24, 2.45) is 0 Å². The Morgan fingerprint density at radius 2 is 1.96 bits per heavy atom. The van der Waals surface area contributed by atoms with Gasteiger partial charge in [-0.25, -0.2) is 9.18 Å². The Hall–Kier alpha value is -1.62. The fourth-order valence-corrected chi connectivity index (χ4v) is 2.77. The van der Waals surface area contributed by atoms with Crippen molar-refractivity contribution in [3.8, 4) is 0 Å². The van der Waals surface area contributed by atoms with Gasteiger partial charge in [0.05, 0.1) is 0 Å². The number of nitrogens with zero attached hydrogens (tertiary/aromatic N) is 2. The molecule has 0 bridgehead atoms. The summed E-state index contributed by atoms with van der Waals surface area (Å²) < 4.78 is 13.6. The van der Waals surface area contributed by atoms with E-state index in [9.17, 15) is 9.18 Å². The van der Waals surface area contributed by atoms with E-state index < -0.39 is 0 Å². The van der Waals surface area contributed by atoms with Crippen LogP contribution in [0, 0.1) is 5.82 Å².